The monoisotopic (exact) mass is 232 g/mol. The minimum absolute atomic E-state index is 0.0767. The molecule has 1 saturated carbocycles. The van der Waals surface area contributed by atoms with Gasteiger partial charge in [0.1, 0.15) is 0 Å². The summed E-state index contributed by atoms with van der Waals surface area (Å²) in [6.45, 7) is 2.62. The second-order valence-electron chi connectivity index (χ2n) is 4.77. The minimum Gasteiger partial charge on any atom is -0.354 e. The number of amides is 1. The molecule has 3 atom stereocenters. The van der Waals surface area contributed by atoms with E-state index in [-0.39, 0.29) is 17.9 Å². The first kappa shape index (κ1) is 12.1. The molecule has 0 saturated heterocycles. The molecule has 1 aliphatic carbocycles. The van der Waals surface area contributed by atoms with E-state index >= 15 is 0 Å². The molecule has 3 unspecified atom stereocenters. The van der Waals surface area contributed by atoms with Crippen LogP contribution in [0.2, 0.25) is 0 Å². The van der Waals surface area contributed by atoms with Crippen molar-refractivity contribution >= 4 is 5.91 Å². The van der Waals surface area contributed by atoms with Crippen LogP contribution in [-0.4, -0.2) is 18.5 Å². The second kappa shape index (κ2) is 5.32. The Morgan fingerprint density at radius 2 is 2.18 bits per heavy atom. The first-order valence-electron chi connectivity index (χ1n) is 6.30. The smallest absolute Gasteiger partial charge is 0.223 e. The molecule has 0 heterocycles. The average molecular weight is 232 g/mol. The van der Waals surface area contributed by atoms with Crippen LogP contribution in [0.25, 0.3) is 0 Å². The van der Waals surface area contributed by atoms with Crippen molar-refractivity contribution in [3.8, 4) is 0 Å². The first-order chi connectivity index (χ1) is 8.22. The number of carbonyl (C=O) groups excluding carboxylic acids is 1. The van der Waals surface area contributed by atoms with E-state index in [0.717, 1.165) is 12.8 Å². The van der Waals surface area contributed by atoms with Gasteiger partial charge in [0, 0.05) is 18.5 Å². The molecule has 3 heteroatoms. The largest absolute Gasteiger partial charge is 0.354 e. The Morgan fingerprint density at radius 1 is 1.47 bits per heavy atom. The molecular formula is C14H20N2O. The molecule has 1 fully saturated rings. The zero-order chi connectivity index (χ0) is 12.3. The Labute approximate surface area is 102 Å². The van der Waals surface area contributed by atoms with Crippen LogP contribution in [0.4, 0.5) is 0 Å². The highest BCUT2D eigenvalue weighted by atomic mass is 16.2. The van der Waals surface area contributed by atoms with Crippen molar-refractivity contribution < 1.29 is 4.79 Å². The summed E-state index contributed by atoms with van der Waals surface area (Å²) in [5.41, 5.74) is 7.04. The molecular weight excluding hydrogens is 212 g/mol. The number of hydrogen-bond acceptors (Lipinski definition) is 2. The number of nitrogens with one attached hydrogen (secondary N) is 1. The van der Waals surface area contributed by atoms with Gasteiger partial charge in [-0.05, 0) is 24.3 Å². The lowest BCUT2D eigenvalue weighted by Gasteiger charge is -2.10. The third-order valence-electron chi connectivity index (χ3n) is 3.42. The van der Waals surface area contributed by atoms with Gasteiger partial charge >= 0.3 is 0 Å². The van der Waals surface area contributed by atoms with Gasteiger partial charge in [-0.15, -0.1) is 0 Å². The summed E-state index contributed by atoms with van der Waals surface area (Å²) in [6.07, 6.45) is 1.87. The number of benzene rings is 1. The van der Waals surface area contributed by atoms with Crippen molar-refractivity contribution in [1.29, 1.82) is 0 Å². The summed E-state index contributed by atoms with van der Waals surface area (Å²) in [4.78, 5) is 11.8. The van der Waals surface area contributed by atoms with E-state index in [4.69, 9.17) is 5.73 Å². The molecule has 2 rings (SSSR count). The van der Waals surface area contributed by atoms with Crippen LogP contribution in [0.1, 0.15) is 31.2 Å². The highest BCUT2D eigenvalue weighted by Crippen LogP contribution is 2.47. The van der Waals surface area contributed by atoms with Gasteiger partial charge in [0.2, 0.25) is 5.91 Å². The zero-order valence-electron chi connectivity index (χ0n) is 10.2. The SMILES string of the molecule is CCC(N)CNC(=O)C1CC1c1ccccc1. The fourth-order valence-corrected chi connectivity index (χ4v) is 2.06. The third-order valence-corrected chi connectivity index (χ3v) is 3.42. The van der Waals surface area contributed by atoms with Gasteiger partial charge in [-0.1, -0.05) is 37.3 Å². The van der Waals surface area contributed by atoms with Crippen molar-refractivity contribution in [3.63, 3.8) is 0 Å². The predicted octanol–water partition coefficient (Wildman–Crippen LogP) is 1.64. The van der Waals surface area contributed by atoms with Crippen LogP contribution in [-0.2, 0) is 4.79 Å². The quantitative estimate of drug-likeness (QED) is 0.811. The molecule has 1 amide bonds. The molecule has 0 spiro atoms. The first-order valence-corrected chi connectivity index (χ1v) is 6.30. The molecule has 0 aliphatic heterocycles. The maximum atomic E-state index is 11.8. The van der Waals surface area contributed by atoms with E-state index in [1.165, 1.54) is 5.56 Å². The number of carbonyl (C=O) groups is 1. The van der Waals surface area contributed by atoms with Gasteiger partial charge < -0.3 is 11.1 Å². The lowest BCUT2D eigenvalue weighted by molar-refractivity contribution is -0.122. The Hall–Kier alpha value is -1.35. The van der Waals surface area contributed by atoms with Crippen LogP contribution in [0.15, 0.2) is 30.3 Å². The van der Waals surface area contributed by atoms with Gasteiger partial charge in [-0.25, -0.2) is 0 Å². The normalized spacial score (nSPS) is 24.1. The summed E-state index contributed by atoms with van der Waals surface area (Å²) in [5, 5.41) is 2.93. The summed E-state index contributed by atoms with van der Waals surface area (Å²) in [6, 6.07) is 10.3. The molecule has 0 radical (unpaired) electrons. The zero-order valence-corrected chi connectivity index (χ0v) is 10.2. The number of hydrogen-bond donors (Lipinski definition) is 2. The number of nitrogens with two attached hydrogens (primary N) is 1. The van der Waals surface area contributed by atoms with Crippen LogP contribution in [0.3, 0.4) is 0 Å². The standard InChI is InChI=1S/C14H20N2O/c1-2-11(15)9-16-14(17)13-8-12(13)10-6-4-3-5-7-10/h3-7,11-13H,2,8-9,15H2,1H3,(H,16,17). The molecule has 1 aromatic carbocycles. The number of rotatable bonds is 5. The van der Waals surface area contributed by atoms with Gasteiger partial charge in [0.05, 0.1) is 0 Å². The molecule has 1 aromatic rings. The van der Waals surface area contributed by atoms with E-state index in [0.29, 0.717) is 12.5 Å². The van der Waals surface area contributed by atoms with Gasteiger partial charge in [-0.3, -0.25) is 4.79 Å². The maximum Gasteiger partial charge on any atom is 0.223 e. The summed E-state index contributed by atoms with van der Waals surface area (Å²) in [7, 11) is 0. The van der Waals surface area contributed by atoms with E-state index in [1.807, 2.05) is 25.1 Å². The Bertz CT molecular complexity index is 377. The van der Waals surface area contributed by atoms with E-state index in [9.17, 15) is 4.79 Å². The van der Waals surface area contributed by atoms with E-state index in [1.54, 1.807) is 0 Å². The van der Waals surface area contributed by atoms with Crippen molar-refractivity contribution in [2.75, 3.05) is 6.54 Å². The Kier molecular flexibility index (Phi) is 3.79. The fourth-order valence-electron chi connectivity index (χ4n) is 2.06. The predicted molar refractivity (Wildman–Crippen MR) is 68.6 cm³/mol. The van der Waals surface area contributed by atoms with Crippen LogP contribution in [0, 0.1) is 5.92 Å². The lowest BCUT2D eigenvalue weighted by atomic mass is 10.1. The Morgan fingerprint density at radius 3 is 2.82 bits per heavy atom. The third kappa shape index (κ3) is 3.07. The molecule has 92 valence electrons. The van der Waals surface area contributed by atoms with Crippen molar-refractivity contribution in [2.45, 2.75) is 31.7 Å². The van der Waals surface area contributed by atoms with E-state index < -0.39 is 0 Å². The van der Waals surface area contributed by atoms with E-state index in [2.05, 4.69) is 17.4 Å². The topological polar surface area (TPSA) is 55.1 Å². The minimum atomic E-state index is 0.0767. The second-order valence-corrected chi connectivity index (χ2v) is 4.77. The molecule has 17 heavy (non-hydrogen) atoms. The highest BCUT2D eigenvalue weighted by molar-refractivity contribution is 5.82. The molecule has 3 nitrogen and oxygen atoms in total. The van der Waals surface area contributed by atoms with Gasteiger partial charge in [-0.2, -0.15) is 0 Å². The lowest BCUT2D eigenvalue weighted by Crippen LogP contribution is -2.37. The summed E-state index contributed by atoms with van der Waals surface area (Å²) in [5.74, 6) is 0.721. The molecule has 0 bridgehead atoms. The van der Waals surface area contributed by atoms with Gasteiger partial charge in [0.15, 0.2) is 0 Å². The van der Waals surface area contributed by atoms with Gasteiger partial charge in [0.25, 0.3) is 0 Å². The maximum absolute atomic E-state index is 11.8. The van der Waals surface area contributed by atoms with Crippen molar-refractivity contribution in [2.24, 2.45) is 11.7 Å². The fraction of sp³-hybridized carbons (Fsp3) is 0.500. The molecule has 1 aliphatic rings. The van der Waals surface area contributed by atoms with Crippen LogP contribution >= 0.6 is 0 Å². The summed E-state index contributed by atoms with van der Waals surface area (Å²) >= 11 is 0. The van der Waals surface area contributed by atoms with Crippen LogP contribution in [0.5, 0.6) is 0 Å². The Balaban J connectivity index is 1.81. The van der Waals surface area contributed by atoms with Crippen molar-refractivity contribution in [3.05, 3.63) is 35.9 Å². The average Bonchev–Trinajstić information content (AvgIpc) is 3.17. The summed E-state index contributed by atoms with van der Waals surface area (Å²) < 4.78 is 0. The van der Waals surface area contributed by atoms with Crippen molar-refractivity contribution in [1.82, 2.24) is 5.32 Å². The van der Waals surface area contributed by atoms with Crippen LogP contribution < -0.4 is 11.1 Å². The molecule has 0 aromatic heterocycles. The highest BCUT2D eigenvalue weighted by Gasteiger charge is 2.43. The molecule has 3 N–H and O–H groups in total.